The molecule has 7 heteroatoms. The average Bonchev–Trinajstić information content (AvgIpc) is 2.78. The maximum atomic E-state index is 10.9. The van der Waals surface area contributed by atoms with Crippen molar-refractivity contribution in [3.63, 3.8) is 0 Å². The highest BCUT2D eigenvalue weighted by Crippen LogP contribution is 2.27. The zero-order valence-electron chi connectivity index (χ0n) is 16.6. The third-order valence-electron chi connectivity index (χ3n) is 5.63. The number of benzene rings is 2. The van der Waals surface area contributed by atoms with E-state index in [0.29, 0.717) is 6.04 Å². The zero-order valence-corrected chi connectivity index (χ0v) is 16.6. The topological polar surface area (TPSA) is 71.7 Å². The van der Waals surface area contributed by atoms with Gasteiger partial charge in [-0.2, -0.15) is 0 Å². The molecule has 0 amide bonds. The Morgan fingerprint density at radius 1 is 1.07 bits per heavy atom. The van der Waals surface area contributed by atoms with Crippen LogP contribution in [0.5, 0.6) is 5.75 Å². The summed E-state index contributed by atoms with van der Waals surface area (Å²) < 4.78 is 5.35. The molecule has 1 aliphatic heterocycles. The number of hydrogen-bond acceptors (Lipinski definition) is 6. The number of aromatic nitrogens is 1. The molecular weight excluding hydrogens is 368 g/mol. The van der Waals surface area contributed by atoms with Crippen molar-refractivity contribution in [3.8, 4) is 5.75 Å². The van der Waals surface area contributed by atoms with E-state index >= 15 is 0 Å². The summed E-state index contributed by atoms with van der Waals surface area (Å²) in [7, 11) is 1.69. The molecule has 4 rings (SSSR count). The second kappa shape index (κ2) is 8.05. The van der Waals surface area contributed by atoms with Crippen LogP contribution in [0.3, 0.4) is 0 Å². The number of piperazine rings is 1. The monoisotopic (exact) mass is 392 g/mol. The minimum absolute atomic E-state index is 0.0900. The number of anilines is 1. The molecule has 1 aliphatic rings. The smallest absolute Gasteiger partial charge is 0.270 e. The number of methoxy groups -OCH3 is 1. The van der Waals surface area contributed by atoms with Crippen LogP contribution in [0.1, 0.15) is 18.5 Å². The summed E-state index contributed by atoms with van der Waals surface area (Å²) >= 11 is 0. The molecule has 150 valence electrons. The van der Waals surface area contributed by atoms with E-state index in [1.165, 1.54) is 11.6 Å². The number of pyridine rings is 1. The van der Waals surface area contributed by atoms with Crippen LogP contribution >= 0.6 is 0 Å². The fraction of sp³-hybridized carbons (Fsp3) is 0.318. The van der Waals surface area contributed by atoms with Crippen molar-refractivity contribution in [2.45, 2.75) is 13.0 Å². The first-order valence-corrected chi connectivity index (χ1v) is 9.73. The highest BCUT2D eigenvalue weighted by Gasteiger charge is 2.23. The highest BCUT2D eigenvalue weighted by atomic mass is 16.6. The lowest BCUT2D eigenvalue weighted by Crippen LogP contribution is -2.47. The molecule has 2 aromatic carbocycles. The molecule has 0 aliphatic carbocycles. The second-order valence-corrected chi connectivity index (χ2v) is 7.28. The van der Waals surface area contributed by atoms with Crippen molar-refractivity contribution in [2.75, 3.05) is 38.2 Å². The van der Waals surface area contributed by atoms with Gasteiger partial charge >= 0.3 is 0 Å². The van der Waals surface area contributed by atoms with Crippen LogP contribution in [-0.4, -0.2) is 48.1 Å². The molecule has 1 aromatic heterocycles. The Labute approximate surface area is 169 Å². The summed E-state index contributed by atoms with van der Waals surface area (Å²) in [4.78, 5) is 20.0. The van der Waals surface area contributed by atoms with Gasteiger partial charge in [-0.15, -0.1) is 0 Å². The minimum atomic E-state index is -0.379. The Morgan fingerprint density at radius 3 is 2.59 bits per heavy atom. The van der Waals surface area contributed by atoms with E-state index in [1.54, 1.807) is 19.2 Å². The van der Waals surface area contributed by atoms with E-state index in [2.05, 4.69) is 28.9 Å². The molecule has 1 saturated heterocycles. The lowest BCUT2D eigenvalue weighted by molar-refractivity contribution is -0.384. The van der Waals surface area contributed by atoms with Crippen molar-refractivity contribution >= 4 is 22.4 Å². The maximum absolute atomic E-state index is 10.9. The van der Waals surface area contributed by atoms with Gasteiger partial charge in [0.25, 0.3) is 5.69 Å². The van der Waals surface area contributed by atoms with Gasteiger partial charge in [0.15, 0.2) is 0 Å². The fourth-order valence-electron chi connectivity index (χ4n) is 3.84. The average molecular weight is 392 g/mol. The van der Waals surface area contributed by atoms with Crippen LogP contribution < -0.4 is 9.64 Å². The van der Waals surface area contributed by atoms with Gasteiger partial charge < -0.3 is 9.64 Å². The number of ether oxygens (including phenoxy) is 1. The molecule has 29 heavy (non-hydrogen) atoms. The zero-order chi connectivity index (χ0) is 20.4. The van der Waals surface area contributed by atoms with E-state index in [1.807, 2.05) is 24.3 Å². The summed E-state index contributed by atoms with van der Waals surface area (Å²) in [6, 6.07) is 17.2. The molecule has 0 radical (unpaired) electrons. The SMILES string of the molecule is COc1cccc(C(C)N2CCN(c3ccc4cc([N+](=O)[O-])ccc4n3)CC2)c1. The molecule has 1 unspecified atom stereocenters. The van der Waals surface area contributed by atoms with Crippen molar-refractivity contribution in [1.29, 1.82) is 0 Å². The third kappa shape index (κ3) is 4.00. The van der Waals surface area contributed by atoms with E-state index in [9.17, 15) is 10.1 Å². The Bertz CT molecular complexity index is 1030. The first-order valence-electron chi connectivity index (χ1n) is 9.73. The van der Waals surface area contributed by atoms with Crippen LogP contribution in [0.4, 0.5) is 11.5 Å². The summed E-state index contributed by atoms with van der Waals surface area (Å²) in [6.45, 7) is 5.89. The van der Waals surface area contributed by atoms with Gasteiger partial charge in [0, 0.05) is 49.7 Å². The number of nitrogens with zero attached hydrogens (tertiary/aromatic N) is 4. The van der Waals surface area contributed by atoms with Gasteiger partial charge in [-0.05, 0) is 42.8 Å². The van der Waals surface area contributed by atoms with Gasteiger partial charge in [0.1, 0.15) is 11.6 Å². The molecule has 0 saturated carbocycles. The Kier molecular flexibility index (Phi) is 5.31. The Balaban J connectivity index is 1.45. The van der Waals surface area contributed by atoms with E-state index in [-0.39, 0.29) is 10.6 Å². The summed E-state index contributed by atoms with van der Waals surface area (Å²) in [5, 5.41) is 11.7. The van der Waals surface area contributed by atoms with Gasteiger partial charge in [-0.3, -0.25) is 15.0 Å². The molecule has 0 bridgehead atoms. The molecule has 0 N–H and O–H groups in total. The van der Waals surface area contributed by atoms with Crippen molar-refractivity contribution < 1.29 is 9.66 Å². The number of fused-ring (bicyclic) bond motifs is 1. The predicted octanol–water partition coefficient (Wildman–Crippen LogP) is 4.03. The second-order valence-electron chi connectivity index (χ2n) is 7.28. The number of non-ortho nitro benzene ring substituents is 1. The van der Waals surface area contributed by atoms with E-state index in [4.69, 9.17) is 9.72 Å². The molecule has 1 fully saturated rings. The largest absolute Gasteiger partial charge is 0.497 e. The van der Waals surface area contributed by atoms with E-state index in [0.717, 1.165) is 48.6 Å². The molecule has 7 nitrogen and oxygen atoms in total. The van der Waals surface area contributed by atoms with Crippen LogP contribution in [0, 0.1) is 10.1 Å². The summed E-state index contributed by atoms with van der Waals surface area (Å²) in [6.07, 6.45) is 0. The molecular formula is C22H24N4O3. The first kappa shape index (κ1) is 19.1. The van der Waals surface area contributed by atoms with Crippen LogP contribution in [0.25, 0.3) is 10.9 Å². The standard InChI is InChI=1S/C22H24N4O3/c1-16(17-4-3-5-20(15-17)29-2)24-10-12-25(13-11-24)22-9-6-18-14-19(26(27)28)7-8-21(18)23-22/h3-9,14-16H,10-13H2,1-2H3. The summed E-state index contributed by atoms with van der Waals surface area (Å²) in [5.74, 6) is 1.80. The molecule has 2 heterocycles. The van der Waals surface area contributed by atoms with Crippen LogP contribution in [0.2, 0.25) is 0 Å². The quantitative estimate of drug-likeness (QED) is 0.482. The molecule has 3 aromatic rings. The van der Waals surface area contributed by atoms with Gasteiger partial charge in [0.2, 0.25) is 0 Å². The fourth-order valence-corrected chi connectivity index (χ4v) is 3.84. The van der Waals surface area contributed by atoms with Crippen LogP contribution in [0.15, 0.2) is 54.6 Å². The normalized spacial score (nSPS) is 16.0. The third-order valence-corrected chi connectivity index (χ3v) is 5.63. The van der Waals surface area contributed by atoms with Crippen LogP contribution in [-0.2, 0) is 0 Å². The molecule has 0 spiro atoms. The number of hydrogen-bond donors (Lipinski definition) is 0. The number of rotatable bonds is 5. The van der Waals surface area contributed by atoms with Gasteiger partial charge in [-0.1, -0.05) is 12.1 Å². The minimum Gasteiger partial charge on any atom is -0.497 e. The lowest BCUT2D eigenvalue weighted by atomic mass is 10.1. The highest BCUT2D eigenvalue weighted by molar-refractivity contribution is 5.82. The Morgan fingerprint density at radius 2 is 1.86 bits per heavy atom. The maximum Gasteiger partial charge on any atom is 0.270 e. The van der Waals surface area contributed by atoms with E-state index < -0.39 is 0 Å². The van der Waals surface area contributed by atoms with Crippen molar-refractivity contribution in [3.05, 3.63) is 70.3 Å². The number of nitro groups is 1. The van der Waals surface area contributed by atoms with Crippen molar-refractivity contribution in [2.24, 2.45) is 0 Å². The first-order chi connectivity index (χ1) is 14.0. The van der Waals surface area contributed by atoms with Gasteiger partial charge in [0.05, 0.1) is 17.5 Å². The predicted molar refractivity (Wildman–Crippen MR) is 114 cm³/mol. The van der Waals surface area contributed by atoms with Gasteiger partial charge in [-0.25, -0.2) is 4.98 Å². The number of nitro benzene ring substituents is 1. The summed E-state index contributed by atoms with van der Waals surface area (Å²) in [5.41, 5.74) is 2.12. The van der Waals surface area contributed by atoms with Crippen molar-refractivity contribution in [1.82, 2.24) is 9.88 Å². The lowest BCUT2D eigenvalue weighted by Gasteiger charge is -2.38. The Hall–Kier alpha value is -3.19. The molecule has 1 atom stereocenters.